The van der Waals surface area contributed by atoms with Crippen LogP contribution in [0.15, 0.2) is 18.2 Å². The van der Waals surface area contributed by atoms with Crippen LogP contribution in [-0.4, -0.2) is 11.2 Å². The Morgan fingerprint density at radius 3 is 2.80 bits per heavy atom. The third-order valence-corrected chi connectivity index (χ3v) is 4.18. The van der Waals surface area contributed by atoms with Gasteiger partial charge in [-0.3, -0.25) is 0 Å². The zero-order valence-corrected chi connectivity index (χ0v) is 8.67. The number of benzene rings is 1. The molecule has 0 aromatic heterocycles. The maximum atomic E-state index is 13.2. The summed E-state index contributed by atoms with van der Waals surface area (Å²) in [6.07, 6.45) is 4.65. The van der Waals surface area contributed by atoms with Crippen molar-refractivity contribution in [2.75, 3.05) is 0 Å². The molecule has 15 heavy (non-hydrogen) atoms. The fourth-order valence-corrected chi connectivity index (χ4v) is 3.14. The minimum absolute atomic E-state index is 0.102. The highest BCUT2D eigenvalue weighted by Crippen LogP contribution is 2.51. The molecule has 2 aliphatic rings. The highest BCUT2D eigenvalue weighted by atomic mass is 19.1. The van der Waals surface area contributed by atoms with Crippen molar-refractivity contribution in [3.8, 4) is 0 Å². The van der Waals surface area contributed by atoms with Gasteiger partial charge in [-0.25, -0.2) is 4.39 Å². The number of halogens is 1. The largest absolute Gasteiger partial charge is 0.392 e. The first-order valence-electron chi connectivity index (χ1n) is 5.69. The van der Waals surface area contributed by atoms with Crippen LogP contribution >= 0.6 is 0 Å². The molecule has 3 rings (SSSR count). The summed E-state index contributed by atoms with van der Waals surface area (Å²) in [6, 6.07) is 5.05. The second-order valence-corrected chi connectivity index (χ2v) is 4.87. The van der Waals surface area contributed by atoms with Gasteiger partial charge in [0.15, 0.2) is 0 Å². The predicted octanol–water partition coefficient (Wildman–Crippen LogP) is 2.55. The summed E-state index contributed by atoms with van der Waals surface area (Å²) in [5.41, 5.74) is 2.21. The molecule has 1 aromatic rings. The summed E-state index contributed by atoms with van der Waals surface area (Å²) in [5.74, 6) is -0.172. The Bertz CT molecular complexity index is 396. The molecule has 2 aliphatic carbocycles. The van der Waals surface area contributed by atoms with Crippen LogP contribution < -0.4 is 0 Å². The molecule has 0 bridgehead atoms. The highest BCUT2D eigenvalue weighted by molar-refractivity contribution is 5.40. The van der Waals surface area contributed by atoms with Crippen LogP contribution in [0.1, 0.15) is 36.8 Å². The molecule has 1 N–H and O–H groups in total. The number of aryl methyl sites for hydroxylation is 1. The van der Waals surface area contributed by atoms with Crippen LogP contribution in [0.25, 0.3) is 0 Å². The van der Waals surface area contributed by atoms with Crippen LogP contribution in [0.4, 0.5) is 4.39 Å². The number of hydrogen-bond acceptors (Lipinski definition) is 1. The Balaban J connectivity index is 2.14. The van der Waals surface area contributed by atoms with Gasteiger partial charge < -0.3 is 5.11 Å². The summed E-state index contributed by atoms with van der Waals surface area (Å²) in [6.45, 7) is 0. The number of aliphatic hydroxyl groups excluding tert-OH is 1. The summed E-state index contributed by atoms with van der Waals surface area (Å²) in [5, 5.41) is 10.1. The quantitative estimate of drug-likeness (QED) is 0.691. The van der Waals surface area contributed by atoms with E-state index in [0.717, 1.165) is 37.7 Å². The minimum atomic E-state index is -0.263. The Morgan fingerprint density at radius 1 is 1.33 bits per heavy atom. The van der Waals surface area contributed by atoms with Gasteiger partial charge in [0.2, 0.25) is 0 Å². The molecule has 1 fully saturated rings. The molecule has 0 aliphatic heterocycles. The standard InChI is InChI=1S/C13H15FO/c14-10-4-2-9-3-5-12(15)13(6-1-7-13)11(9)8-10/h2,4,8,12,15H,1,3,5-7H2. The van der Waals surface area contributed by atoms with E-state index < -0.39 is 0 Å². The third kappa shape index (κ3) is 1.18. The van der Waals surface area contributed by atoms with Gasteiger partial charge in [0.25, 0.3) is 0 Å². The average Bonchev–Trinajstić information content (AvgIpc) is 2.14. The molecule has 1 spiro atoms. The average molecular weight is 206 g/mol. The van der Waals surface area contributed by atoms with Crippen LogP contribution in [0.2, 0.25) is 0 Å². The smallest absolute Gasteiger partial charge is 0.123 e. The van der Waals surface area contributed by atoms with Crippen molar-refractivity contribution < 1.29 is 9.50 Å². The summed E-state index contributed by atoms with van der Waals surface area (Å²) < 4.78 is 13.2. The van der Waals surface area contributed by atoms with Gasteiger partial charge in [-0.1, -0.05) is 12.5 Å². The van der Waals surface area contributed by atoms with Crippen LogP contribution in [0.3, 0.4) is 0 Å². The lowest BCUT2D eigenvalue weighted by molar-refractivity contribution is 0.0142. The SMILES string of the molecule is OC1CCc2ccc(F)cc2C12CCC2. The fourth-order valence-electron chi connectivity index (χ4n) is 3.14. The lowest BCUT2D eigenvalue weighted by Crippen LogP contribution is -2.48. The van der Waals surface area contributed by atoms with E-state index in [2.05, 4.69) is 0 Å². The molecule has 1 saturated carbocycles. The zero-order valence-electron chi connectivity index (χ0n) is 8.67. The Hall–Kier alpha value is -0.890. The van der Waals surface area contributed by atoms with Crippen molar-refractivity contribution in [3.05, 3.63) is 35.1 Å². The van der Waals surface area contributed by atoms with E-state index >= 15 is 0 Å². The predicted molar refractivity (Wildman–Crippen MR) is 56.3 cm³/mol. The lowest BCUT2D eigenvalue weighted by atomic mass is 9.57. The van der Waals surface area contributed by atoms with Crippen LogP contribution in [0.5, 0.6) is 0 Å². The number of hydrogen-bond donors (Lipinski definition) is 1. The maximum Gasteiger partial charge on any atom is 0.123 e. The van der Waals surface area contributed by atoms with E-state index in [1.807, 2.05) is 6.07 Å². The maximum absolute atomic E-state index is 13.2. The van der Waals surface area contributed by atoms with E-state index in [1.165, 1.54) is 11.6 Å². The molecule has 0 saturated heterocycles. The summed E-state index contributed by atoms with van der Waals surface area (Å²) >= 11 is 0. The molecule has 1 nitrogen and oxygen atoms in total. The second-order valence-electron chi connectivity index (χ2n) is 4.87. The molecular formula is C13H15FO. The number of aliphatic hydroxyl groups is 1. The first-order chi connectivity index (χ1) is 7.22. The zero-order chi connectivity index (χ0) is 10.5. The van der Waals surface area contributed by atoms with Crippen LogP contribution in [0, 0.1) is 5.82 Å². The third-order valence-electron chi connectivity index (χ3n) is 4.18. The van der Waals surface area contributed by atoms with Crippen molar-refractivity contribution in [3.63, 3.8) is 0 Å². The van der Waals surface area contributed by atoms with Crippen molar-refractivity contribution in [1.82, 2.24) is 0 Å². The Kier molecular flexibility index (Phi) is 1.90. The normalized spacial score (nSPS) is 27.2. The van der Waals surface area contributed by atoms with Crippen molar-refractivity contribution in [2.24, 2.45) is 0 Å². The van der Waals surface area contributed by atoms with Gasteiger partial charge in [-0.15, -0.1) is 0 Å². The van der Waals surface area contributed by atoms with E-state index in [0.29, 0.717) is 0 Å². The van der Waals surface area contributed by atoms with Gasteiger partial charge in [0, 0.05) is 5.41 Å². The topological polar surface area (TPSA) is 20.2 Å². The van der Waals surface area contributed by atoms with E-state index in [4.69, 9.17) is 0 Å². The molecular weight excluding hydrogens is 191 g/mol. The molecule has 0 radical (unpaired) electrons. The first kappa shape index (κ1) is 9.34. The van der Waals surface area contributed by atoms with Gasteiger partial charge in [0.1, 0.15) is 5.82 Å². The fraction of sp³-hybridized carbons (Fsp3) is 0.538. The first-order valence-corrected chi connectivity index (χ1v) is 5.69. The van der Waals surface area contributed by atoms with Gasteiger partial charge in [-0.2, -0.15) is 0 Å². The summed E-state index contributed by atoms with van der Waals surface area (Å²) in [4.78, 5) is 0. The van der Waals surface area contributed by atoms with Crippen LogP contribution in [-0.2, 0) is 11.8 Å². The van der Waals surface area contributed by atoms with Crippen molar-refractivity contribution in [2.45, 2.75) is 43.6 Å². The number of fused-ring (bicyclic) bond motifs is 2. The van der Waals surface area contributed by atoms with E-state index in [-0.39, 0.29) is 17.3 Å². The molecule has 0 amide bonds. The molecule has 2 heteroatoms. The second kappa shape index (κ2) is 3.05. The Morgan fingerprint density at radius 2 is 2.13 bits per heavy atom. The Labute approximate surface area is 88.9 Å². The highest BCUT2D eigenvalue weighted by Gasteiger charge is 2.47. The monoisotopic (exact) mass is 206 g/mol. The molecule has 1 atom stereocenters. The number of rotatable bonds is 0. The van der Waals surface area contributed by atoms with Gasteiger partial charge >= 0.3 is 0 Å². The van der Waals surface area contributed by atoms with Crippen molar-refractivity contribution in [1.29, 1.82) is 0 Å². The van der Waals surface area contributed by atoms with E-state index in [9.17, 15) is 9.50 Å². The lowest BCUT2D eigenvalue weighted by Gasteiger charge is -2.49. The van der Waals surface area contributed by atoms with Gasteiger partial charge in [0.05, 0.1) is 6.10 Å². The minimum Gasteiger partial charge on any atom is -0.392 e. The van der Waals surface area contributed by atoms with Gasteiger partial charge in [-0.05, 0) is 48.9 Å². The summed E-state index contributed by atoms with van der Waals surface area (Å²) in [7, 11) is 0. The molecule has 1 aromatic carbocycles. The molecule has 1 unspecified atom stereocenters. The van der Waals surface area contributed by atoms with E-state index in [1.54, 1.807) is 6.07 Å². The molecule has 80 valence electrons. The molecule has 0 heterocycles. The van der Waals surface area contributed by atoms with Crippen molar-refractivity contribution >= 4 is 0 Å².